The van der Waals surface area contributed by atoms with Gasteiger partial charge in [-0.1, -0.05) is 24.3 Å². The molecule has 3 aliphatic rings. The summed E-state index contributed by atoms with van der Waals surface area (Å²) in [6, 6.07) is 12.5. The van der Waals surface area contributed by atoms with Crippen LogP contribution >= 0.6 is 0 Å². The summed E-state index contributed by atoms with van der Waals surface area (Å²) in [5.74, 6) is -0.679. The number of aryl methyl sites for hydroxylation is 1. The minimum absolute atomic E-state index is 0.00334. The van der Waals surface area contributed by atoms with Gasteiger partial charge in [-0.05, 0) is 75.3 Å². The number of amides is 2. The van der Waals surface area contributed by atoms with Crippen molar-refractivity contribution in [3.63, 3.8) is 0 Å². The second-order valence-corrected chi connectivity index (χ2v) is 10.7. The molecular weight excluding hydrogens is 412 g/mol. The van der Waals surface area contributed by atoms with E-state index in [2.05, 4.69) is 12.1 Å². The molecule has 162 valence electrons. The molecule has 6 nitrogen and oxygen atoms in total. The van der Waals surface area contributed by atoms with Crippen molar-refractivity contribution in [2.24, 2.45) is 0 Å². The van der Waals surface area contributed by atoms with Gasteiger partial charge in [0.15, 0.2) is 0 Å². The summed E-state index contributed by atoms with van der Waals surface area (Å²) in [7, 11) is -3.94. The van der Waals surface area contributed by atoms with Gasteiger partial charge in [0, 0.05) is 17.6 Å². The maximum absolute atomic E-state index is 13.7. The summed E-state index contributed by atoms with van der Waals surface area (Å²) < 4.78 is 26.8. The maximum Gasteiger partial charge on any atom is 0.269 e. The quantitative estimate of drug-likeness (QED) is 0.725. The van der Waals surface area contributed by atoms with Crippen LogP contribution in [0.3, 0.4) is 0 Å². The second kappa shape index (κ2) is 7.19. The van der Waals surface area contributed by atoms with Gasteiger partial charge in [0.2, 0.25) is 0 Å². The lowest BCUT2D eigenvalue weighted by atomic mass is 9.86. The zero-order valence-electron chi connectivity index (χ0n) is 17.7. The van der Waals surface area contributed by atoms with E-state index in [1.807, 2.05) is 17.0 Å². The Morgan fingerprint density at radius 1 is 1.10 bits per heavy atom. The first-order valence-electron chi connectivity index (χ1n) is 10.9. The van der Waals surface area contributed by atoms with Crippen molar-refractivity contribution in [2.75, 3.05) is 0 Å². The molecule has 2 aliphatic carbocycles. The molecule has 1 atom stereocenters. The van der Waals surface area contributed by atoms with Crippen LogP contribution in [0.25, 0.3) is 0 Å². The molecule has 0 radical (unpaired) electrons. The van der Waals surface area contributed by atoms with Gasteiger partial charge in [-0.3, -0.25) is 9.59 Å². The summed E-state index contributed by atoms with van der Waals surface area (Å²) in [5.41, 5.74) is 2.96. The molecule has 0 saturated heterocycles. The summed E-state index contributed by atoms with van der Waals surface area (Å²) in [6.07, 6.45) is 4.88. The van der Waals surface area contributed by atoms with Crippen LogP contribution in [0, 0.1) is 0 Å². The third-order valence-corrected chi connectivity index (χ3v) is 8.51. The van der Waals surface area contributed by atoms with Gasteiger partial charge in [0.25, 0.3) is 21.8 Å². The highest BCUT2D eigenvalue weighted by atomic mass is 32.2. The molecular formula is C24H26N2O4S. The number of benzene rings is 2. The molecule has 2 aromatic carbocycles. The SMILES string of the molecule is CC(C)N1C(=O)c2ccc(C(=O)N(C3CC3)C3CCCc4ccccc43)cc2S1(=O)=O. The Bertz CT molecular complexity index is 1180. The number of fused-ring (bicyclic) bond motifs is 2. The summed E-state index contributed by atoms with van der Waals surface area (Å²) in [6.45, 7) is 3.34. The average molecular weight is 439 g/mol. The van der Waals surface area contributed by atoms with E-state index >= 15 is 0 Å². The van der Waals surface area contributed by atoms with Crippen molar-refractivity contribution in [1.82, 2.24) is 9.21 Å². The molecule has 1 aliphatic heterocycles. The van der Waals surface area contributed by atoms with E-state index in [4.69, 9.17) is 0 Å². The highest BCUT2D eigenvalue weighted by Gasteiger charge is 2.44. The Labute approximate surface area is 182 Å². The molecule has 0 N–H and O–H groups in total. The molecule has 0 aromatic heterocycles. The van der Waals surface area contributed by atoms with Crippen LogP contribution in [0.15, 0.2) is 47.4 Å². The van der Waals surface area contributed by atoms with Gasteiger partial charge in [0.1, 0.15) is 4.90 Å². The number of rotatable bonds is 4. The van der Waals surface area contributed by atoms with E-state index in [1.165, 1.54) is 23.3 Å². The van der Waals surface area contributed by atoms with Gasteiger partial charge in [-0.2, -0.15) is 0 Å². The van der Waals surface area contributed by atoms with Crippen molar-refractivity contribution >= 4 is 21.8 Å². The summed E-state index contributed by atoms with van der Waals surface area (Å²) in [4.78, 5) is 28.2. The van der Waals surface area contributed by atoms with Crippen LogP contribution in [-0.2, 0) is 16.4 Å². The molecule has 2 aromatic rings. The number of sulfonamides is 1. The highest BCUT2D eigenvalue weighted by Crippen LogP contribution is 2.42. The van der Waals surface area contributed by atoms with Crippen LogP contribution in [0.1, 0.15) is 77.4 Å². The van der Waals surface area contributed by atoms with E-state index in [-0.39, 0.29) is 28.4 Å². The Balaban J connectivity index is 1.54. The number of hydrogen-bond donors (Lipinski definition) is 0. The van der Waals surface area contributed by atoms with Crippen LogP contribution in [0.4, 0.5) is 0 Å². The van der Waals surface area contributed by atoms with Gasteiger partial charge in [0.05, 0.1) is 11.6 Å². The average Bonchev–Trinajstić information content (AvgIpc) is 3.55. The third kappa shape index (κ3) is 3.17. The zero-order chi connectivity index (χ0) is 21.9. The molecule has 1 fully saturated rings. The van der Waals surface area contributed by atoms with Crippen LogP contribution < -0.4 is 0 Å². The molecule has 31 heavy (non-hydrogen) atoms. The largest absolute Gasteiger partial charge is 0.329 e. The van der Waals surface area contributed by atoms with E-state index in [1.54, 1.807) is 19.9 Å². The Kier molecular flexibility index (Phi) is 4.70. The Hall–Kier alpha value is -2.67. The van der Waals surface area contributed by atoms with Crippen LogP contribution in [0.5, 0.6) is 0 Å². The van der Waals surface area contributed by atoms with Crippen LogP contribution in [-0.4, -0.2) is 41.5 Å². The Morgan fingerprint density at radius 2 is 1.84 bits per heavy atom. The molecule has 1 heterocycles. The van der Waals surface area contributed by atoms with Crippen LogP contribution in [0.2, 0.25) is 0 Å². The van der Waals surface area contributed by atoms with Gasteiger partial charge in [-0.15, -0.1) is 0 Å². The lowest BCUT2D eigenvalue weighted by Crippen LogP contribution is -2.38. The van der Waals surface area contributed by atoms with Crippen molar-refractivity contribution in [2.45, 2.75) is 69.0 Å². The maximum atomic E-state index is 13.7. The van der Waals surface area contributed by atoms with Gasteiger partial charge in [-0.25, -0.2) is 12.7 Å². The van der Waals surface area contributed by atoms with Crippen molar-refractivity contribution in [1.29, 1.82) is 0 Å². The monoisotopic (exact) mass is 438 g/mol. The second-order valence-electron chi connectivity index (χ2n) is 8.96. The topological polar surface area (TPSA) is 74.8 Å². The predicted molar refractivity (Wildman–Crippen MR) is 116 cm³/mol. The summed E-state index contributed by atoms with van der Waals surface area (Å²) in [5, 5.41) is 0. The van der Waals surface area contributed by atoms with Gasteiger partial charge < -0.3 is 4.90 Å². The third-order valence-electron chi connectivity index (χ3n) is 6.51. The van der Waals surface area contributed by atoms with E-state index in [9.17, 15) is 18.0 Å². The number of carbonyl (C=O) groups excluding carboxylic acids is 2. The lowest BCUT2D eigenvalue weighted by Gasteiger charge is -2.36. The minimum atomic E-state index is -3.94. The van der Waals surface area contributed by atoms with Crippen molar-refractivity contribution < 1.29 is 18.0 Å². The van der Waals surface area contributed by atoms with E-state index < -0.39 is 22.0 Å². The zero-order valence-corrected chi connectivity index (χ0v) is 18.6. The number of hydrogen-bond acceptors (Lipinski definition) is 4. The molecule has 5 rings (SSSR count). The molecule has 1 saturated carbocycles. The molecule has 7 heteroatoms. The number of nitrogens with zero attached hydrogens (tertiary/aromatic N) is 2. The predicted octanol–water partition coefficient (Wildman–Crippen LogP) is 3.92. The Morgan fingerprint density at radius 3 is 2.55 bits per heavy atom. The minimum Gasteiger partial charge on any atom is -0.329 e. The molecule has 1 unspecified atom stereocenters. The fourth-order valence-corrected chi connectivity index (χ4v) is 6.77. The standard InChI is InChI=1S/C24H26N2O4S/c1-15(2)26-24(28)20-13-10-17(14-22(20)31(26,29)30)23(27)25(18-11-12-18)21-9-5-7-16-6-3-4-8-19(16)21/h3-4,6,8,10,13-15,18,21H,5,7,9,11-12H2,1-2H3. The van der Waals surface area contributed by atoms with Gasteiger partial charge >= 0.3 is 0 Å². The lowest BCUT2D eigenvalue weighted by molar-refractivity contribution is 0.0637. The molecule has 2 amide bonds. The fourth-order valence-electron chi connectivity index (χ4n) is 4.97. The van der Waals surface area contributed by atoms with E-state index in [0.29, 0.717) is 5.56 Å². The van der Waals surface area contributed by atoms with Crippen molar-refractivity contribution in [3.8, 4) is 0 Å². The number of carbonyl (C=O) groups is 2. The molecule has 0 spiro atoms. The fraction of sp³-hybridized carbons (Fsp3) is 0.417. The van der Waals surface area contributed by atoms with E-state index in [0.717, 1.165) is 36.4 Å². The molecule has 0 bridgehead atoms. The first-order chi connectivity index (χ1) is 14.8. The summed E-state index contributed by atoms with van der Waals surface area (Å²) >= 11 is 0. The van der Waals surface area contributed by atoms with Crippen molar-refractivity contribution in [3.05, 3.63) is 64.7 Å². The smallest absolute Gasteiger partial charge is 0.269 e. The first kappa shape index (κ1) is 20.2. The normalized spacial score (nSPS) is 21.7. The first-order valence-corrected chi connectivity index (χ1v) is 12.4. The highest BCUT2D eigenvalue weighted by molar-refractivity contribution is 7.90.